The second-order valence-corrected chi connectivity index (χ2v) is 6.44. The van der Waals surface area contributed by atoms with Crippen molar-refractivity contribution in [3.8, 4) is 0 Å². The van der Waals surface area contributed by atoms with Crippen molar-refractivity contribution in [3.05, 3.63) is 69.2 Å². The fourth-order valence-corrected chi connectivity index (χ4v) is 2.80. The number of hydrogen-bond donors (Lipinski definition) is 1. The minimum Gasteiger partial charge on any atom is -0.304 e. The summed E-state index contributed by atoms with van der Waals surface area (Å²) in [5.74, 6) is 0. The highest BCUT2D eigenvalue weighted by molar-refractivity contribution is 9.10. The number of nitrogens with one attached hydrogen (secondary N) is 1. The summed E-state index contributed by atoms with van der Waals surface area (Å²) in [6.45, 7) is 8.77. The van der Waals surface area contributed by atoms with Gasteiger partial charge in [0.05, 0.1) is 0 Å². The second kappa shape index (κ2) is 6.55. The van der Waals surface area contributed by atoms with E-state index in [0.717, 1.165) is 4.47 Å². The van der Waals surface area contributed by atoms with E-state index in [-0.39, 0.29) is 0 Å². The molecular weight excluding hydrogens is 310 g/mol. The summed E-state index contributed by atoms with van der Waals surface area (Å²) in [7, 11) is 0. The SMILES string of the molecule is Cc1ccc(C)c(C(C)NC(C)c2ccc(Br)cc2)c1. The van der Waals surface area contributed by atoms with Crippen molar-refractivity contribution >= 4 is 15.9 Å². The largest absolute Gasteiger partial charge is 0.304 e. The highest BCUT2D eigenvalue weighted by Gasteiger charge is 2.13. The summed E-state index contributed by atoms with van der Waals surface area (Å²) in [5, 5.41) is 3.68. The molecule has 2 aromatic carbocycles. The Bertz CT molecular complexity index is 574. The molecule has 0 saturated carbocycles. The fraction of sp³-hybridized carbons (Fsp3) is 0.333. The van der Waals surface area contributed by atoms with E-state index < -0.39 is 0 Å². The van der Waals surface area contributed by atoms with Crippen molar-refractivity contribution in [1.29, 1.82) is 0 Å². The third-order valence-corrected chi connectivity index (χ3v) is 4.30. The summed E-state index contributed by atoms with van der Waals surface area (Å²) >= 11 is 3.48. The Morgan fingerprint density at radius 1 is 0.900 bits per heavy atom. The monoisotopic (exact) mass is 331 g/mol. The summed E-state index contributed by atoms with van der Waals surface area (Å²) < 4.78 is 1.12. The van der Waals surface area contributed by atoms with E-state index in [1.165, 1.54) is 22.3 Å². The van der Waals surface area contributed by atoms with Gasteiger partial charge in [0.25, 0.3) is 0 Å². The van der Waals surface area contributed by atoms with E-state index in [2.05, 4.69) is 91.4 Å². The molecule has 0 heterocycles. The molecule has 0 amide bonds. The predicted molar refractivity (Wildman–Crippen MR) is 90.0 cm³/mol. The number of rotatable bonds is 4. The molecule has 2 unspecified atom stereocenters. The zero-order chi connectivity index (χ0) is 14.7. The molecule has 1 nitrogen and oxygen atoms in total. The molecule has 0 bridgehead atoms. The van der Waals surface area contributed by atoms with Crippen LogP contribution in [0.1, 0.15) is 48.2 Å². The molecule has 1 N–H and O–H groups in total. The number of hydrogen-bond acceptors (Lipinski definition) is 1. The molecule has 2 atom stereocenters. The van der Waals surface area contributed by atoms with Crippen LogP contribution in [0.25, 0.3) is 0 Å². The number of aryl methyl sites for hydroxylation is 2. The van der Waals surface area contributed by atoms with Gasteiger partial charge >= 0.3 is 0 Å². The summed E-state index contributed by atoms with van der Waals surface area (Å²) in [4.78, 5) is 0. The van der Waals surface area contributed by atoms with E-state index >= 15 is 0 Å². The van der Waals surface area contributed by atoms with Crippen LogP contribution < -0.4 is 5.32 Å². The lowest BCUT2D eigenvalue weighted by atomic mass is 9.98. The van der Waals surface area contributed by atoms with Gasteiger partial charge in [0.15, 0.2) is 0 Å². The van der Waals surface area contributed by atoms with E-state index in [1.54, 1.807) is 0 Å². The molecule has 0 fully saturated rings. The first-order valence-electron chi connectivity index (χ1n) is 7.06. The lowest BCUT2D eigenvalue weighted by Crippen LogP contribution is -2.23. The van der Waals surface area contributed by atoms with E-state index in [4.69, 9.17) is 0 Å². The van der Waals surface area contributed by atoms with E-state index in [9.17, 15) is 0 Å². The molecule has 20 heavy (non-hydrogen) atoms. The summed E-state index contributed by atoms with van der Waals surface area (Å²) in [6, 6.07) is 15.8. The minimum atomic E-state index is 0.331. The highest BCUT2D eigenvalue weighted by atomic mass is 79.9. The van der Waals surface area contributed by atoms with Gasteiger partial charge in [-0.3, -0.25) is 0 Å². The van der Waals surface area contributed by atoms with Crippen LogP contribution in [-0.4, -0.2) is 0 Å². The lowest BCUT2D eigenvalue weighted by molar-refractivity contribution is 0.493. The first-order chi connectivity index (χ1) is 9.47. The third kappa shape index (κ3) is 3.71. The fourth-order valence-electron chi connectivity index (χ4n) is 2.54. The first kappa shape index (κ1) is 15.3. The third-order valence-electron chi connectivity index (χ3n) is 3.77. The van der Waals surface area contributed by atoms with Crippen molar-refractivity contribution in [3.63, 3.8) is 0 Å². The Morgan fingerprint density at radius 3 is 2.20 bits per heavy atom. The first-order valence-corrected chi connectivity index (χ1v) is 7.85. The highest BCUT2D eigenvalue weighted by Crippen LogP contribution is 2.23. The summed E-state index contributed by atoms with van der Waals surface area (Å²) in [6.07, 6.45) is 0. The van der Waals surface area contributed by atoms with Gasteiger partial charge in [-0.05, 0) is 56.5 Å². The van der Waals surface area contributed by atoms with Crippen LogP contribution in [0, 0.1) is 13.8 Å². The van der Waals surface area contributed by atoms with Crippen LogP contribution in [0.4, 0.5) is 0 Å². The van der Waals surface area contributed by atoms with Gasteiger partial charge in [-0.25, -0.2) is 0 Å². The van der Waals surface area contributed by atoms with Crippen LogP contribution in [0.2, 0.25) is 0 Å². The Balaban J connectivity index is 2.12. The quantitative estimate of drug-likeness (QED) is 0.782. The lowest BCUT2D eigenvalue weighted by Gasteiger charge is -2.22. The zero-order valence-electron chi connectivity index (χ0n) is 12.6. The molecule has 0 spiro atoms. The Morgan fingerprint density at radius 2 is 1.55 bits per heavy atom. The van der Waals surface area contributed by atoms with Crippen LogP contribution in [0.5, 0.6) is 0 Å². The topological polar surface area (TPSA) is 12.0 Å². The standard InChI is InChI=1S/C18H22BrN/c1-12-5-6-13(2)18(11-12)15(4)20-14(3)16-7-9-17(19)10-8-16/h5-11,14-15,20H,1-4H3. The van der Waals surface area contributed by atoms with Gasteiger partial charge in [0.1, 0.15) is 0 Å². The van der Waals surface area contributed by atoms with Crippen LogP contribution in [-0.2, 0) is 0 Å². The molecule has 2 aromatic rings. The maximum Gasteiger partial charge on any atom is 0.0300 e. The summed E-state index contributed by atoms with van der Waals surface area (Å²) in [5.41, 5.74) is 5.36. The second-order valence-electron chi connectivity index (χ2n) is 5.52. The van der Waals surface area contributed by atoms with Crippen molar-refractivity contribution in [2.24, 2.45) is 0 Å². The van der Waals surface area contributed by atoms with Crippen LogP contribution in [0.3, 0.4) is 0 Å². The molecular formula is C18H22BrN. The van der Waals surface area contributed by atoms with Gasteiger partial charge in [0, 0.05) is 16.6 Å². The zero-order valence-corrected chi connectivity index (χ0v) is 14.2. The molecule has 0 aliphatic rings. The van der Waals surface area contributed by atoms with Gasteiger partial charge in [-0.2, -0.15) is 0 Å². The van der Waals surface area contributed by atoms with Gasteiger partial charge in [0.2, 0.25) is 0 Å². The molecule has 2 rings (SSSR count). The van der Waals surface area contributed by atoms with Crippen molar-refractivity contribution < 1.29 is 0 Å². The average Bonchev–Trinajstić information content (AvgIpc) is 2.42. The van der Waals surface area contributed by atoms with Crippen molar-refractivity contribution in [2.75, 3.05) is 0 Å². The molecule has 106 valence electrons. The van der Waals surface area contributed by atoms with Crippen molar-refractivity contribution in [2.45, 2.75) is 39.8 Å². The maximum absolute atomic E-state index is 3.68. The normalized spacial score (nSPS) is 14.1. The Kier molecular flexibility index (Phi) is 5.00. The van der Waals surface area contributed by atoms with Crippen LogP contribution >= 0.6 is 15.9 Å². The predicted octanol–water partition coefficient (Wildman–Crippen LogP) is 5.48. The Labute approximate surface area is 130 Å². The van der Waals surface area contributed by atoms with E-state index in [1.807, 2.05) is 0 Å². The van der Waals surface area contributed by atoms with Gasteiger partial charge < -0.3 is 5.32 Å². The van der Waals surface area contributed by atoms with Crippen LogP contribution in [0.15, 0.2) is 46.9 Å². The van der Waals surface area contributed by atoms with Gasteiger partial charge in [-0.1, -0.05) is 51.8 Å². The molecule has 0 aromatic heterocycles. The smallest absolute Gasteiger partial charge is 0.0300 e. The molecule has 0 radical (unpaired) electrons. The van der Waals surface area contributed by atoms with Gasteiger partial charge in [-0.15, -0.1) is 0 Å². The Hall–Kier alpha value is -1.12. The minimum absolute atomic E-state index is 0.331. The molecule has 0 aliphatic heterocycles. The maximum atomic E-state index is 3.68. The average molecular weight is 332 g/mol. The molecule has 0 saturated heterocycles. The van der Waals surface area contributed by atoms with E-state index in [0.29, 0.717) is 12.1 Å². The molecule has 0 aliphatic carbocycles. The van der Waals surface area contributed by atoms with Crippen molar-refractivity contribution in [1.82, 2.24) is 5.32 Å². The number of benzene rings is 2. The molecule has 2 heteroatoms. The number of halogens is 1.